The fraction of sp³-hybridized carbons (Fsp3) is 0.611. The van der Waals surface area contributed by atoms with E-state index in [4.69, 9.17) is 5.11 Å². The Morgan fingerprint density at radius 1 is 0.913 bits per heavy atom. The Balaban J connectivity index is 2.06. The van der Waals surface area contributed by atoms with Gasteiger partial charge in [-0.3, -0.25) is 4.79 Å². The van der Waals surface area contributed by atoms with Gasteiger partial charge in [0, 0.05) is 6.42 Å². The predicted octanol–water partition coefficient (Wildman–Crippen LogP) is 5.54. The predicted molar refractivity (Wildman–Crippen MR) is 84.5 cm³/mol. The summed E-state index contributed by atoms with van der Waals surface area (Å²) in [5.74, 6) is -0.826. The molecule has 2 nitrogen and oxygen atoms in total. The highest BCUT2D eigenvalue weighted by Gasteiger charge is 2.25. The zero-order valence-electron chi connectivity index (χ0n) is 13.4. The summed E-state index contributed by atoms with van der Waals surface area (Å²) in [7, 11) is 0. The third-order valence-corrected chi connectivity index (χ3v) is 3.77. The monoisotopic (exact) mass is 330 g/mol. The summed E-state index contributed by atoms with van der Waals surface area (Å²) in [6.45, 7) is 0. The van der Waals surface area contributed by atoms with Gasteiger partial charge in [0.1, 0.15) is 0 Å². The van der Waals surface area contributed by atoms with Crippen LogP contribution < -0.4 is 0 Å². The average Bonchev–Trinajstić information content (AvgIpc) is 2.44. The van der Waals surface area contributed by atoms with Crippen LogP contribution in [0.4, 0.5) is 13.2 Å². The van der Waals surface area contributed by atoms with Gasteiger partial charge in [0.25, 0.3) is 0 Å². The molecule has 0 aliphatic heterocycles. The van der Waals surface area contributed by atoms with Gasteiger partial charge in [0.15, 0.2) is 0 Å². The van der Waals surface area contributed by atoms with E-state index < -0.39 is 18.6 Å². The van der Waals surface area contributed by atoms with E-state index in [0.717, 1.165) is 49.7 Å². The summed E-state index contributed by atoms with van der Waals surface area (Å²) >= 11 is 0. The molecule has 5 heteroatoms. The van der Waals surface area contributed by atoms with Crippen LogP contribution in [0, 0.1) is 0 Å². The molecule has 23 heavy (non-hydrogen) atoms. The summed E-state index contributed by atoms with van der Waals surface area (Å²) in [6, 6.07) is 7.64. The van der Waals surface area contributed by atoms with Crippen molar-refractivity contribution in [1.29, 1.82) is 0 Å². The van der Waals surface area contributed by atoms with Gasteiger partial charge in [-0.2, -0.15) is 13.2 Å². The van der Waals surface area contributed by atoms with Crippen molar-refractivity contribution in [1.82, 2.24) is 0 Å². The number of alkyl halides is 3. The largest absolute Gasteiger partial charge is 0.481 e. The van der Waals surface area contributed by atoms with Gasteiger partial charge in [0.05, 0.1) is 6.42 Å². The maximum absolute atomic E-state index is 12.0. The number of rotatable bonds is 11. The van der Waals surface area contributed by atoms with Crippen LogP contribution in [0.3, 0.4) is 0 Å². The van der Waals surface area contributed by atoms with E-state index in [1.54, 1.807) is 0 Å². The highest BCUT2D eigenvalue weighted by molar-refractivity contribution is 5.70. The first kappa shape index (κ1) is 19.5. The van der Waals surface area contributed by atoms with E-state index in [1.165, 1.54) is 0 Å². The topological polar surface area (TPSA) is 37.3 Å². The first-order valence-electron chi connectivity index (χ1n) is 8.23. The standard InChI is InChI=1S/C18H25F3O2/c19-18(20,21)12-7-5-3-1-2-4-6-9-15-10-8-11-16(13-15)14-17(22)23/h8,10-11,13H,1-7,9,12,14H2,(H,22,23). The summed E-state index contributed by atoms with van der Waals surface area (Å²) < 4.78 is 35.9. The Kier molecular flexibility index (Phi) is 8.74. The van der Waals surface area contributed by atoms with Gasteiger partial charge in [-0.1, -0.05) is 56.4 Å². The van der Waals surface area contributed by atoms with Gasteiger partial charge in [-0.15, -0.1) is 0 Å². The molecule has 0 unspecified atom stereocenters. The number of hydrogen-bond acceptors (Lipinski definition) is 1. The van der Waals surface area contributed by atoms with Crippen molar-refractivity contribution in [3.8, 4) is 0 Å². The van der Waals surface area contributed by atoms with Crippen molar-refractivity contribution in [2.75, 3.05) is 0 Å². The number of carbonyl (C=O) groups is 1. The first-order valence-corrected chi connectivity index (χ1v) is 8.23. The van der Waals surface area contributed by atoms with Gasteiger partial charge in [-0.25, -0.2) is 0 Å². The molecule has 1 rings (SSSR count). The quantitative estimate of drug-likeness (QED) is 0.541. The van der Waals surface area contributed by atoms with Crippen molar-refractivity contribution >= 4 is 5.97 Å². The fourth-order valence-corrected chi connectivity index (χ4v) is 2.61. The minimum absolute atomic E-state index is 0.0474. The molecule has 0 heterocycles. The number of aliphatic carboxylic acids is 1. The van der Waals surface area contributed by atoms with Gasteiger partial charge < -0.3 is 5.11 Å². The van der Waals surface area contributed by atoms with Crippen LogP contribution in [0.25, 0.3) is 0 Å². The van der Waals surface area contributed by atoms with Crippen molar-refractivity contribution in [3.05, 3.63) is 35.4 Å². The van der Waals surface area contributed by atoms with E-state index in [-0.39, 0.29) is 12.8 Å². The SMILES string of the molecule is O=C(O)Cc1cccc(CCCCCCCCCC(F)(F)F)c1. The number of unbranched alkanes of at least 4 members (excludes halogenated alkanes) is 6. The van der Waals surface area contributed by atoms with Gasteiger partial charge in [0.2, 0.25) is 0 Å². The lowest BCUT2D eigenvalue weighted by Crippen LogP contribution is -2.06. The third kappa shape index (κ3) is 10.8. The van der Waals surface area contributed by atoms with Crippen LogP contribution in [0.15, 0.2) is 24.3 Å². The average molecular weight is 330 g/mol. The molecule has 0 fully saturated rings. The van der Waals surface area contributed by atoms with Crippen molar-refractivity contribution in [2.45, 2.75) is 70.4 Å². The number of carboxylic acids is 1. The number of carboxylic acid groups (broad SMARTS) is 1. The molecule has 1 aromatic carbocycles. The molecule has 1 N–H and O–H groups in total. The first-order chi connectivity index (χ1) is 10.9. The zero-order chi connectivity index (χ0) is 17.1. The number of halogens is 3. The highest BCUT2D eigenvalue weighted by Crippen LogP contribution is 2.23. The molecule has 0 aliphatic rings. The molecule has 0 spiro atoms. The van der Waals surface area contributed by atoms with E-state index in [9.17, 15) is 18.0 Å². The van der Waals surface area contributed by atoms with Crippen molar-refractivity contribution in [3.63, 3.8) is 0 Å². The van der Waals surface area contributed by atoms with Crippen LogP contribution in [-0.4, -0.2) is 17.3 Å². The number of benzene rings is 1. The molecular weight excluding hydrogens is 305 g/mol. The van der Waals surface area contributed by atoms with Gasteiger partial charge in [-0.05, 0) is 30.4 Å². The Hall–Kier alpha value is -1.52. The summed E-state index contributed by atoms with van der Waals surface area (Å²) in [4.78, 5) is 10.7. The second-order valence-electron chi connectivity index (χ2n) is 5.98. The normalized spacial score (nSPS) is 11.6. The lowest BCUT2D eigenvalue weighted by molar-refractivity contribution is -0.136. The molecule has 1 aromatic rings. The fourth-order valence-electron chi connectivity index (χ4n) is 2.61. The second-order valence-corrected chi connectivity index (χ2v) is 5.98. The number of aryl methyl sites for hydroxylation is 1. The van der Waals surface area contributed by atoms with E-state index in [0.29, 0.717) is 6.42 Å². The maximum atomic E-state index is 12.0. The van der Waals surface area contributed by atoms with Crippen molar-refractivity contribution < 1.29 is 23.1 Å². The Morgan fingerprint density at radius 3 is 2.09 bits per heavy atom. The molecule has 0 radical (unpaired) electrons. The second kappa shape index (κ2) is 10.3. The van der Waals surface area contributed by atoms with Crippen LogP contribution in [0.2, 0.25) is 0 Å². The van der Waals surface area contributed by atoms with E-state index >= 15 is 0 Å². The Labute approximate surface area is 135 Å². The molecule has 0 amide bonds. The summed E-state index contributed by atoms with van der Waals surface area (Å²) in [5.41, 5.74) is 1.97. The lowest BCUT2D eigenvalue weighted by Gasteiger charge is -2.06. The minimum atomic E-state index is -4.02. The molecule has 130 valence electrons. The van der Waals surface area contributed by atoms with Crippen LogP contribution in [0.5, 0.6) is 0 Å². The Bertz CT molecular complexity index is 470. The molecule has 0 aromatic heterocycles. The van der Waals surface area contributed by atoms with Crippen LogP contribution >= 0.6 is 0 Å². The van der Waals surface area contributed by atoms with Crippen molar-refractivity contribution in [2.24, 2.45) is 0 Å². The molecule has 0 saturated carbocycles. The highest BCUT2D eigenvalue weighted by atomic mass is 19.4. The van der Waals surface area contributed by atoms with E-state index in [1.807, 2.05) is 24.3 Å². The molecular formula is C18H25F3O2. The summed E-state index contributed by atoms with van der Waals surface area (Å²) in [5, 5.41) is 8.77. The zero-order valence-corrected chi connectivity index (χ0v) is 13.4. The molecule has 0 aliphatic carbocycles. The molecule has 0 bridgehead atoms. The number of hydrogen-bond donors (Lipinski definition) is 1. The minimum Gasteiger partial charge on any atom is -0.481 e. The smallest absolute Gasteiger partial charge is 0.389 e. The molecule has 0 saturated heterocycles. The summed E-state index contributed by atoms with van der Waals surface area (Å²) in [6.07, 6.45) is 2.14. The lowest BCUT2D eigenvalue weighted by atomic mass is 10.0. The molecule has 0 atom stereocenters. The van der Waals surface area contributed by atoms with Gasteiger partial charge >= 0.3 is 12.1 Å². The van der Waals surface area contributed by atoms with Crippen LogP contribution in [-0.2, 0) is 17.6 Å². The maximum Gasteiger partial charge on any atom is 0.389 e. The third-order valence-electron chi connectivity index (χ3n) is 3.77. The Morgan fingerprint density at radius 2 is 1.48 bits per heavy atom. The van der Waals surface area contributed by atoms with Crippen LogP contribution in [0.1, 0.15) is 62.5 Å². The van der Waals surface area contributed by atoms with E-state index in [2.05, 4.69) is 0 Å².